The lowest BCUT2D eigenvalue weighted by atomic mass is 10.1. The van der Waals surface area contributed by atoms with E-state index in [1.54, 1.807) is 6.07 Å². The van der Waals surface area contributed by atoms with Crippen LogP contribution in [0.3, 0.4) is 0 Å². The topological polar surface area (TPSA) is 35.2 Å². The third kappa shape index (κ3) is 3.14. The Morgan fingerprint density at radius 2 is 1.95 bits per heavy atom. The first-order valence-corrected chi connectivity index (χ1v) is 6.41. The van der Waals surface area contributed by atoms with E-state index < -0.39 is 11.6 Å². The zero-order valence-electron chi connectivity index (χ0n) is 11.5. The summed E-state index contributed by atoms with van der Waals surface area (Å²) in [5.74, 6) is -1.09. The number of aryl methyl sites for hydroxylation is 1. The standard InChI is InChI=1S/C16H17F2NO/c1-10-8-12(11(2)19)6-7-15(10)20-9-13-4-3-5-14(17)16(13)18/h3-8,11H,9,19H2,1-2H3/t11-/m1/s1. The Bertz CT molecular complexity index is 611. The second kappa shape index (κ2) is 6.01. The Morgan fingerprint density at radius 3 is 2.60 bits per heavy atom. The summed E-state index contributed by atoms with van der Waals surface area (Å²) >= 11 is 0. The van der Waals surface area contributed by atoms with E-state index >= 15 is 0 Å². The lowest BCUT2D eigenvalue weighted by Gasteiger charge is -2.12. The first-order chi connectivity index (χ1) is 9.49. The third-order valence-electron chi connectivity index (χ3n) is 3.14. The molecule has 0 bridgehead atoms. The van der Waals surface area contributed by atoms with E-state index in [2.05, 4.69) is 0 Å². The smallest absolute Gasteiger partial charge is 0.165 e. The summed E-state index contributed by atoms with van der Waals surface area (Å²) in [6.07, 6.45) is 0. The first kappa shape index (κ1) is 14.5. The van der Waals surface area contributed by atoms with Crippen LogP contribution in [0.15, 0.2) is 36.4 Å². The van der Waals surface area contributed by atoms with Gasteiger partial charge in [-0.05, 0) is 37.1 Å². The summed E-state index contributed by atoms with van der Waals surface area (Å²) < 4.78 is 32.1. The third-order valence-corrected chi connectivity index (χ3v) is 3.14. The zero-order chi connectivity index (χ0) is 14.7. The average molecular weight is 277 g/mol. The van der Waals surface area contributed by atoms with Crippen LogP contribution in [-0.4, -0.2) is 0 Å². The van der Waals surface area contributed by atoms with Crippen LogP contribution in [0.5, 0.6) is 5.75 Å². The maximum atomic E-state index is 13.5. The van der Waals surface area contributed by atoms with Crippen molar-refractivity contribution >= 4 is 0 Å². The summed E-state index contributed by atoms with van der Waals surface area (Å²) in [6.45, 7) is 3.78. The van der Waals surface area contributed by atoms with Crippen LogP contribution in [-0.2, 0) is 6.61 Å². The van der Waals surface area contributed by atoms with Crippen molar-refractivity contribution in [2.24, 2.45) is 5.73 Å². The number of ether oxygens (including phenoxy) is 1. The van der Waals surface area contributed by atoms with Gasteiger partial charge in [0, 0.05) is 11.6 Å². The second-order valence-corrected chi connectivity index (χ2v) is 4.82. The molecule has 0 radical (unpaired) electrons. The van der Waals surface area contributed by atoms with Crippen molar-refractivity contribution in [1.82, 2.24) is 0 Å². The van der Waals surface area contributed by atoms with Gasteiger partial charge in [-0.3, -0.25) is 0 Å². The highest BCUT2D eigenvalue weighted by atomic mass is 19.2. The Morgan fingerprint density at radius 1 is 1.20 bits per heavy atom. The predicted molar refractivity (Wildman–Crippen MR) is 74.5 cm³/mol. The van der Waals surface area contributed by atoms with Gasteiger partial charge in [0.2, 0.25) is 0 Å². The summed E-state index contributed by atoms with van der Waals surface area (Å²) in [6, 6.07) is 9.60. The van der Waals surface area contributed by atoms with E-state index in [4.69, 9.17) is 10.5 Å². The minimum atomic E-state index is -0.866. The molecule has 4 heteroatoms. The summed E-state index contributed by atoms with van der Waals surface area (Å²) in [7, 11) is 0. The molecule has 0 spiro atoms. The molecule has 1 atom stereocenters. The minimum Gasteiger partial charge on any atom is -0.489 e. The lowest BCUT2D eigenvalue weighted by molar-refractivity contribution is 0.295. The molecule has 20 heavy (non-hydrogen) atoms. The number of nitrogens with two attached hydrogens (primary N) is 1. The highest BCUT2D eigenvalue weighted by Gasteiger charge is 2.09. The fraction of sp³-hybridized carbons (Fsp3) is 0.250. The number of halogens is 2. The van der Waals surface area contributed by atoms with Crippen molar-refractivity contribution in [3.63, 3.8) is 0 Å². The highest BCUT2D eigenvalue weighted by molar-refractivity contribution is 5.37. The van der Waals surface area contributed by atoms with Gasteiger partial charge in [0.1, 0.15) is 12.4 Å². The number of hydrogen-bond donors (Lipinski definition) is 1. The Kier molecular flexibility index (Phi) is 4.35. The van der Waals surface area contributed by atoms with Crippen molar-refractivity contribution in [3.8, 4) is 5.75 Å². The monoisotopic (exact) mass is 277 g/mol. The largest absolute Gasteiger partial charge is 0.489 e. The lowest BCUT2D eigenvalue weighted by Crippen LogP contribution is -2.06. The predicted octanol–water partition coefficient (Wildman–Crippen LogP) is 3.87. The van der Waals surface area contributed by atoms with Crippen LogP contribution in [0, 0.1) is 18.6 Å². The van der Waals surface area contributed by atoms with Gasteiger partial charge in [-0.25, -0.2) is 8.78 Å². The molecule has 0 aliphatic rings. The summed E-state index contributed by atoms with van der Waals surface area (Å²) in [5.41, 5.74) is 7.92. The van der Waals surface area contributed by atoms with E-state index in [1.807, 2.05) is 26.0 Å². The molecule has 0 aromatic heterocycles. The van der Waals surface area contributed by atoms with Crippen molar-refractivity contribution < 1.29 is 13.5 Å². The molecule has 0 saturated carbocycles. The van der Waals surface area contributed by atoms with E-state index in [0.29, 0.717) is 5.75 Å². The molecule has 2 aromatic rings. The Balaban J connectivity index is 2.13. The SMILES string of the molecule is Cc1cc([C@@H](C)N)ccc1OCc1cccc(F)c1F. The van der Waals surface area contributed by atoms with Crippen LogP contribution in [0.2, 0.25) is 0 Å². The molecule has 106 valence electrons. The molecule has 0 amide bonds. The fourth-order valence-corrected chi connectivity index (χ4v) is 1.93. The van der Waals surface area contributed by atoms with Crippen LogP contribution < -0.4 is 10.5 Å². The molecule has 2 N–H and O–H groups in total. The van der Waals surface area contributed by atoms with E-state index in [0.717, 1.165) is 17.2 Å². The van der Waals surface area contributed by atoms with Crippen LogP contribution in [0.4, 0.5) is 8.78 Å². The van der Waals surface area contributed by atoms with Gasteiger partial charge < -0.3 is 10.5 Å². The van der Waals surface area contributed by atoms with Gasteiger partial charge in [-0.2, -0.15) is 0 Å². The molecule has 0 aliphatic heterocycles. The summed E-state index contributed by atoms with van der Waals surface area (Å²) in [5, 5.41) is 0. The zero-order valence-corrected chi connectivity index (χ0v) is 11.5. The van der Waals surface area contributed by atoms with Crippen LogP contribution >= 0.6 is 0 Å². The summed E-state index contributed by atoms with van der Waals surface area (Å²) in [4.78, 5) is 0. The molecule has 0 fully saturated rings. The van der Waals surface area contributed by atoms with Crippen LogP contribution in [0.1, 0.15) is 29.7 Å². The van der Waals surface area contributed by atoms with Gasteiger partial charge in [0.05, 0.1) is 0 Å². The van der Waals surface area contributed by atoms with Crippen molar-refractivity contribution in [2.45, 2.75) is 26.5 Å². The van der Waals surface area contributed by atoms with Gasteiger partial charge in [0.15, 0.2) is 11.6 Å². The van der Waals surface area contributed by atoms with Gasteiger partial charge in [-0.1, -0.05) is 24.3 Å². The van der Waals surface area contributed by atoms with Crippen molar-refractivity contribution in [1.29, 1.82) is 0 Å². The molecule has 0 aliphatic carbocycles. The quantitative estimate of drug-likeness (QED) is 0.920. The minimum absolute atomic E-state index is 0.0119. The molecular formula is C16H17F2NO. The normalized spacial score (nSPS) is 12.2. The van der Waals surface area contributed by atoms with E-state index in [-0.39, 0.29) is 18.2 Å². The van der Waals surface area contributed by atoms with Gasteiger partial charge in [0.25, 0.3) is 0 Å². The van der Waals surface area contributed by atoms with Crippen molar-refractivity contribution in [3.05, 3.63) is 64.7 Å². The molecule has 0 saturated heterocycles. The average Bonchev–Trinajstić information content (AvgIpc) is 2.41. The van der Waals surface area contributed by atoms with Crippen LogP contribution in [0.25, 0.3) is 0 Å². The number of rotatable bonds is 4. The molecule has 0 unspecified atom stereocenters. The maximum Gasteiger partial charge on any atom is 0.165 e. The van der Waals surface area contributed by atoms with Crippen molar-refractivity contribution in [2.75, 3.05) is 0 Å². The molecule has 2 aromatic carbocycles. The van der Waals surface area contributed by atoms with E-state index in [1.165, 1.54) is 12.1 Å². The fourth-order valence-electron chi connectivity index (χ4n) is 1.93. The van der Waals surface area contributed by atoms with Gasteiger partial charge in [-0.15, -0.1) is 0 Å². The molecular weight excluding hydrogens is 260 g/mol. The first-order valence-electron chi connectivity index (χ1n) is 6.41. The molecule has 0 heterocycles. The highest BCUT2D eigenvalue weighted by Crippen LogP contribution is 2.23. The Hall–Kier alpha value is -1.94. The molecule has 2 rings (SSSR count). The number of benzene rings is 2. The Labute approximate surface area is 117 Å². The molecule has 2 nitrogen and oxygen atoms in total. The maximum absolute atomic E-state index is 13.5. The second-order valence-electron chi connectivity index (χ2n) is 4.82. The van der Waals surface area contributed by atoms with Gasteiger partial charge >= 0.3 is 0 Å². The van der Waals surface area contributed by atoms with E-state index in [9.17, 15) is 8.78 Å². The number of hydrogen-bond acceptors (Lipinski definition) is 2.